The third kappa shape index (κ3) is 7.32. The Kier molecular flexibility index (Phi) is 8.50. The lowest BCUT2D eigenvalue weighted by Gasteiger charge is -2.24. The molecule has 2 N–H and O–H groups in total. The number of anilines is 1. The molecule has 178 valence electrons. The van der Waals surface area contributed by atoms with Crippen LogP contribution in [0.2, 0.25) is 0 Å². The number of hydrogen-bond donors (Lipinski definition) is 2. The van der Waals surface area contributed by atoms with Gasteiger partial charge in [0, 0.05) is 29.8 Å². The first-order valence-electron chi connectivity index (χ1n) is 11.8. The van der Waals surface area contributed by atoms with Gasteiger partial charge in [-0.05, 0) is 74.9 Å². The number of aryl methyl sites for hydroxylation is 2. The highest BCUT2D eigenvalue weighted by Crippen LogP contribution is 2.26. The molecular formula is C27H36N2O4. The smallest absolute Gasteiger partial charge is 0.251 e. The lowest BCUT2D eigenvalue weighted by Crippen LogP contribution is -2.32. The fraction of sp³-hybridized carbons (Fsp3) is 0.481. The van der Waals surface area contributed by atoms with E-state index < -0.39 is 5.41 Å². The highest BCUT2D eigenvalue weighted by Gasteiger charge is 2.27. The molecule has 0 bridgehead atoms. The van der Waals surface area contributed by atoms with Crippen LogP contribution in [0.3, 0.4) is 0 Å². The van der Waals surface area contributed by atoms with E-state index in [1.165, 1.54) is 0 Å². The molecule has 1 fully saturated rings. The zero-order valence-electron chi connectivity index (χ0n) is 20.2. The van der Waals surface area contributed by atoms with Gasteiger partial charge in [0.05, 0.1) is 12.7 Å². The van der Waals surface area contributed by atoms with Gasteiger partial charge >= 0.3 is 0 Å². The van der Waals surface area contributed by atoms with Crippen LogP contribution in [0.25, 0.3) is 0 Å². The van der Waals surface area contributed by atoms with Gasteiger partial charge in [-0.3, -0.25) is 9.59 Å². The summed E-state index contributed by atoms with van der Waals surface area (Å²) in [4.78, 5) is 25.4. The number of hydrogen-bond acceptors (Lipinski definition) is 4. The minimum absolute atomic E-state index is 0.0776. The molecule has 2 aromatic carbocycles. The molecular weight excluding hydrogens is 416 g/mol. The van der Waals surface area contributed by atoms with Crippen molar-refractivity contribution >= 4 is 17.5 Å². The zero-order chi connectivity index (χ0) is 23.8. The third-order valence-corrected chi connectivity index (χ3v) is 6.06. The van der Waals surface area contributed by atoms with Crippen molar-refractivity contribution < 1.29 is 19.1 Å². The Morgan fingerprint density at radius 3 is 2.73 bits per heavy atom. The van der Waals surface area contributed by atoms with E-state index >= 15 is 0 Å². The number of nitrogens with one attached hydrogen (secondary N) is 2. The molecule has 1 atom stereocenters. The summed E-state index contributed by atoms with van der Waals surface area (Å²) < 4.78 is 11.5. The molecule has 0 aliphatic carbocycles. The molecule has 1 aliphatic heterocycles. The fourth-order valence-corrected chi connectivity index (χ4v) is 3.82. The van der Waals surface area contributed by atoms with Crippen LogP contribution < -0.4 is 15.4 Å². The van der Waals surface area contributed by atoms with Crippen molar-refractivity contribution in [1.29, 1.82) is 0 Å². The quantitative estimate of drug-likeness (QED) is 0.496. The maximum atomic E-state index is 12.9. The van der Waals surface area contributed by atoms with Crippen molar-refractivity contribution in [3.8, 4) is 5.75 Å². The van der Waals surface area contributed by atoms with Gasteiger partial charge in [0.1, 0.15) is 5.75 Å². The molecule has 0 aromatic heterocycles. The minimum Gasteiger partial charge on any atom is -0.493 e. The van der Waals surface area contributed by atoms with Crippen molar-refractivity contribution in [3.05, 3.63) is 59.2 Å². The van der Waals surface area contributed by atoms with Gasteiger partial charge in [0.25, 0.3) is 5.91 Å². The fourth-order valence-electron chi connectivity index (χ4n) is 3.82. The van der Waals surface area contributed by atoms with Gasteiger partial charge in [-0.15, -0.1) is 0 Å². The summed E-state index contributed by atoms with van der Waals surface area (Å²) in [7, 11) is 0. The van der Waals surface area contributed by atoms with Crippen LogP contribution in [0.5, 0.6) is 5.75 Å². The summed E-state index contributed by atoms with van der Waals surface area (Å²) in [6.07, 6.45) is 3.55. The van der Waals surface area contributed by atoms with Crippen LogP contribution in [0.4, 0.5) is 5.69 Å². The van der Waals surface area contributed by atoms with E-state index in [2.05, 4.69) is 22.8 Å². The SMILES string of the molecule is Cc1ccc(C)c(OCCCC(C)(C)C(=O)Nc2cccc(C(=O)NCC3CCCO3)c2)c1. The number of rotatable bonds is 10. The van der Waals surface area contributed by atoms with E-state index in [1.807, 2.05) is 33.8 Å². The number of amides is 2. The average molecular weight is 453 g/mol. The van der Waals surface area contributed by atoms with E-state index in [1.54, 1.807) is 24.3 Å². The van der Waals surface area contributed by atoms with Gasteiger partial charge in [-0.1, -0.05) is 32.0 Å². The molecule has 2 aromatic rings. The molecule has 33 heavy (non-hydrogen) atoms. The van der Waals surface area contributed by atoms with Crippen molar-refractivity contribution in [2.75, 3.05) is 25.1 Å². The average Bonchev–Trinajstić information content (AvgIpc) is 3.31. The largest absolute Gasteiger partial charge is 0.493 e. The minimum atomic E-state index is -0.566. The Bertz CT molecular complexity index is 964. The normalized spacial score (nSPS) is 15.8. The van der Waals surface area contributed by atoms with Gasteiger partial charge in [-0.2, -0.15) is 0 Å². The van der Waals surface area contributed by atoms with Crippen LogP contribution in [0.1, 0.15) is 61.0 Å². The van der Waals surface area contributed by atoms with Crippen LogP contribution in [0.15, 0.2) is 42.5 Å². The number of carbonyl (C=O) groups is 2. The van der Waals surface area contributed by atoms with Gasteiger partial charge in [0.2, 0.25) is 5.91 Å². The summed E-state index contributed by atoms with van der Waals surface area (Å²) in [5.74, 6) is 0.655. The molecule has 1 saturated heterocycles. The van der Waals surface area contributed by atoms with Crippen molar-refractivity contribution in [1.82, 2.24) is 5.32 Å². The van der Waals surface area contributed by atoms with E-state index in [4.69, 9.17) is 9.47 Å². The second-order valence-electron chi connectivity index (χ2n) is 9.48. The Morgan fingerprint density at radius 2 is 1.97 bits per heavy atom. The van der Waals surface area contributed by atoms with Crippen molar-refractivity contribution in [2.45, 2.75) is 59.5 Å². The Balaban J connectivity index is 1.48. The molecule has 1 heterocycles. The van der Waals surface area contributed by atoms with Crippen LogP contribution in [-0.4, -0.2) is 37.7 Å². The summed E-state index contributed by atoms with van der Waals surface area (Å²) in [5, 5.41) is 5.88. The lowest BCUT2D eigenvalue weighted by atomic mass is 9.87. The molecule has 0 spiro atoms. The predicted octanol–water partition coefficient (Wildman–Crippen LogP) is 5.04. The monoisotopic (exact) mass is 452 g/mol. The number of carbonyl (C=O) groups excluding carboxylic acids is 2. The molecule has 6 nitrogen and oxygen atoms in total. The summed E-state index contributed by atoms with van der Waals surface area (Å²) in [6.45, 7) is 9.76. The standard InChI is InChI=1S/C27H36N2O4/c1-19-11-12-20(2)24(16-19)33-15-7-13-27(3,4)26(31)29-22-9-5-8-21(17-22)25(30)28-18-23-10-6-14-32-23/h5,8-9,11-12,16-17,23H,6-7,10,13-15,18H2,1-4H3,(H,28,30)(H,29,31). The zero-order valence-corrected chi connectivity index (χ0v) is 20.2. The highest BCUT2D eigenvalue weighted by atomic mass is 16.5. The van der Waals surface area contributed by atoms with E-state index in [-0.39, 0.29) is 17.9 Å². The Hall–Kier alpha value is -2.86. The molecule has 6 heteroatoms. The first-order chi connectivity index (χ1) is 15.7. The first-order valence-corrected chi connectivity index (χ1v) is 11.8. The summed E-state index contributed by atoms with van der Waals surface area (Å²) in [6, 6.07) is 13.2. The molecule has 0 radical (unpaired) electrons. The maximum absolute atomic E-state index is 12.9. The van der Waals surface area contributed by atoms with Crippen LogP contribution >= 0.6 is 0 Å². The first kappa shape index (κ1) is 24.8. The molecule has 0 saturated carbocycles. The van der Waals surface area contributed by atoms with Gasteiger partial charge in [0.15, 0.2) is 0 Å². The van der Waals surface area contributed by atoms with Gasteiger partial charge in [-0.25, -0.2) is 0 Å². The van der Waals surface area contributed by atoms with Crippen LogP contribution in [-0.2, 0) is 9.53 Å². The highest BCUT2D eigenvalue weighted by molar-refractivity contribution is 5.98. The molecule has 2 amide bonds. The molecule has 1 aliphatic rings. The maximum Gasteiger partial charge on any atom is 0.251 e. The third-order valence-electron chi connectivity index (χ3n) is 6.06. The summed E-state index contributed by atoms with van der Waals surface area (Å²) >= 11 is 0. The Morgan fingerprint density at radius 1 is 1.15 bits per heavy atom. The van der Waals surface area contributed by atoms with E-state index in [0.29, 0.717) is 30.8 Å². The van der Waals surface area contributed by atoms with E-state index in [9.17, 15) is 9.59 Å². The second kappa shape index (κ2) is 11.3. The van der Waals surface area contributed by atoms with Gasteiger partial charge < -0.3 is 20.1 Å². The van der Waals surface area contributed by atoms with Crippen molar-refractivity contribution in [3.63, 3.8) is 0 Å². The molecule has 1 unspecified atom stereocenters. The Labute approximate surface area is 197 Å². The summed E-state index contributed by atoms with van der Waals surface area (Å²) in [5.41, 5.74) is 2.84. The van der Waals surface area contributed by atoms with E-state index in [0.717, 1.165) is 42.7 Å². The molecule has 3 rings (SSSR count). The number of ether oxygens (including phenoxy) is 2. The van der Waals surface area contributed by atoms with Crippen LogP contribution in [0, 0.1) is 19.3 Å². The lowest BCUT2D eigenvalue weighted by molar-refractivity contribution is -0.124. The second-order valence-corrected chi connectivity index (χ2v) is 9.48. The predicted molar refractivity (Wildman–Crippen MR) is 131 cm³/mol. The topological polar surface area (TPSA) is 76.7 Å². The van der Waals surface area contributed by atoms with Crippen molar-refractivity contribution in [2.24, 2.45) is 5.41 Å². The number of benzene rings is 2.